The summed E-state index contributed by atoms with van der Waals surface area (Å²) in [5, 5.41) is -0.399. The molecule has 0 aliphatic rings. The smallest absolute Gasteiger partial charge is 0.418 e. The third kappa shape index (κ3) is 5.85. The van der Waals surface area contributed by atoms with Crippen LogP contribution in [-0.2, 0) is 24.1 Å². The minimum Gasteiger partial charge on any atom is -0.445 e. The number of alkyl halides is 3. The summed E-state index contributed by atoms with van der Waals surface area (Å²) in [6.45, 7) is 3.08. The minimum atomic E-state index is -4.65. The van der Waals surface area contributed by atoms with Gasteiger partial charge in [0.05, 0.1) is 10.6 Å². The molecule has 3 nitrogen and oxygen atoms in total. The normalized spacial score (nSPS) is 11.4. The largest absolute Gasteiger partial charge is 0.445 e. The average molecular weight is 480 g/mol. The summed E-state index contributed by atoms with van der Waals surface area (Å²) < 4.78 is 59.5. The first-order valence-electron chi connectivity index (χ1n) is 10.2. The van der Waals surface area contributed by atoms with E-state index in [-0.39, 0.29) is 25.3 Å². The van der Waals surface area contributed by atoms with Gasteiger partial charge in [0.2, 0.25) is 0 Å². The number of hydrogen-bond donors (Lipinski definition) is 0. The molecule has 0 saturated heterocycles. The predicted octanol–water partition coefficient (Wildman–Crippen LogP) is 7.63. The molecule has 0 atom stereocenters. The van der Waals surface area contributed by atoms with Gasteiger partial charge in [0.1, 0.15) is 12.4 Å². The minimum absolute atomic E-state index is 0.0429. The molecule has 0 radical (unpaired) electrons. The Hall–Kier alpha value is -3.06. The predicted molar refractivity (Wildman–Crippen MR) is 119 cm³/mol. The molecule has 0 saturated carbocycles. The topological polar surface area (TPSA) is 29.5 Å². The maximum Gasteiger partial charge on any atom is 0.418 e. The molecule has 0 aliphatic heterocycles. The fourth-order valence-electron chi connectivity index (χ4n) is 3.56. The Bertz CT molecular complexity index is 1120. The van der Waals surface area contributed by atoms with Crippen LogP contribution in [0.25, 0.3) is 11.1 Å². The van der Waals surface area contributed by atoms with Gasteiger partial charge in [-0.25, -0.2) is 9.18 Å². The van der Waals surface area contributed by atoms with Crippen LogP contribution in [0.15, 0.2) is 60.7 Å². The monoisotopic (exact) mass is 479 g/mol. The van der Waals surface area contributed by atoms with E-state index in [0.717, 1.165) is 0 Å². The molecule has 0 unspecified atom stereocenters. The van der Waals surface area contributed by atoms with E-state index in [9.17, 15) is 22.4 Å². The van der Waals surface area contributed by atoms with Gasteiger partial charge in [-0.3, -0.25) is 0 Å². The van der Waals surface area contributed by atoms with E-state index in [4.69, 9.17) is 16.3 Å². The van der Waals surface area contributed by atoms with Crippen LogP contribution < -0.4 is 0 Å². The molecule has 8 heteroatoms. The molecule has 3 aromatic rings. The van der Waals surface area contributed by atoms with Gasteiger partial charge >= 0.3 is 12.3 Å². The van der Waals surface area contributed by atoms with Crippen molar-refractivity contribution in [3.05, 3.63) is 93.8 Å². The number of amides is 1. The lowest BCUT2D eigenvalue weighted by Crippen LogP contribution is -2.31. The molecule has 0 aromatic heterocycles. The Labute approximate surface area is 194 Å². The molecule has 0 fully saturated rings. The van der Waals surface area contributed by atoms with E-state index in [2.05, 4.69) is 0 Å². The lowest BCUT2D eigenvalue weighted by Gasteiger charge is -2.25. The highest BCUT2D eigenvalue weighted by atomic mass is 35.5. The summed E-state index contributed by atoms with van der Waals surface area (Å²) in [6.07, 6.45) is -5.34. The summed E-state index contributed by atoms with van der Waals surface area (Å²) >= 11 is 6.05. The van der Waals surface area contributed by atoms with Crippen molar-refractivity contribution in [1.29, 1.82) is 0 Å². The van der Waals surface area contributed by atoms with Crippen LogP contribution in [0.2, 0.25) is 5.02 Å². The zero-order valence-electron chi connectivity index (χ0n) is 18.0. The Morgan fingerprint density at radius 2 is 1.70 bits per heavy atom. The lowest BCUT2D eigenvalue weighted by atomic mass is 9.92. The lowest BCUT2D eigenvalue weighted by molar-refractivity contribution is -0.138. The summed E-state index contributed by atoms with van der Waals surface area (Å²) in [5.74, 6) is -0.410. The molecule has 3 rings (SSSR count). The fraction of sp³-hybridized carbons (Fsp3) is 0.240. The van der Waals surface area contributed by atoms with Crippen LogP contribution in [0.1, 0.15) is 29.2 Å². The van der Waals surface area contributed by atoms with Crippen molar-refractivity contribution < 1.29 is 27.1 Å². The Balaban J connectivity index is 1.95. The van der Waals surface area contributed by atoms with Crippen molar-refractivity contribution in [2.24, 2.45) is 0 Å². The van der Waals surface area contributed by atoms with Crippen molar-refractivity contribution in [3.8, 4) is 11.1 Å². The molecule has 0 bridgehead atoms. The first-order chi connectivity index (χ1) is 15.6. The molecule has 0 aliphatic carbocycles. The van der Waals surface area contributed by atoms with Crippen molar-refractivity contribution in [1.82, 2.24) is 4.90 Å². The SMILES string of the molecule is CCN(Cc1c(-c2ccccc2)cc(Cl)c(C(F)(F)F)c1C)C(=O)OCc1ccc(F)cc1. The maximum absolute atomic E-state index is 13.7. The van der Waals surface area contributed by atoms with E-state index in [1.165, 1.54) is 42.2 Å². The van der Waals surface area contributed by atoms with Gasteiger partial charge in [-0.15, -0.1) is 0 Å². The molecule has 174 valence electrons. The second kappa shape index (κ2) is 10.3. The van der Waals surface area contributed by atoms with Crippen LogP contribution in [0, 0.1) is 12.7 Å². The van der Waals surface area contributed by atoms with Gasteiger partial charge in [-0.05, 0) is 59.9 Å². The molecular weight excluding hydrogens is 458 g/mol. The van der Waals surface area contributed by atoms with Gasteiger partial charge in [-0.2, -0.15) is 13.2 Å². The Morgan fingerprint density at radius 3 is 2.27 bits per heavy atom. The zero-order chi connectivity index (χ0) is 24.2. The number of benzene rings is 3. The average Bonchev–Trinajstić information content (AvgIpc) is 2.77. The highest BCUT2D eigenvalue weighted by Gasteiger charge is 2.37. The third-order valence-electron chi connectivity index (χ3n) is 5.30. The van der Waals surface area contributed by atoms with Crippen LogP contribution in [0.4, 0.5) is 22.4 Å². The molecule has 0 N–H and O–H groups in total. The van der Waals surface area contributed by atoms with Gasteiger partial charge in [0.25, 0.3) is 0 Å². The highest BCUT2D eigenvalue weighted by Crippen LogP contribution is 2.42. The number of ether oxygens (including phenoxy) is 1. The van der Waals surface area contributed by atoms with Gasteiger partial charge < -0.3 is 9.64 Å². The van der Waals surface area contributed by atoms with Crippen molar-refractivity contribution >= 4 is 17.7 Å². The van der Waals surface area contributed by atoms with Gasteiger partial charge in [0, 0.05) is 13.1 Å². The van der Waals surface area contributed by atoms with E-state index < -0.39 is 28.7 Å². The number of carbonyl (C=O) groups is 1. The molecule has 33 heavy (non-hydrogen) atoms. The van der Waals surface area contributed by atoms with E-state index in [1.807, 2.05) is 0 Å². The first-order valence-corrected chi connectivity index (χ1v) is 10.6. The number of halogens is 5. The number of nitrogens with zero attached hydrogens (tertiary/aromatic N) is 1. The van der Waals surface area contributed by atoms with Crippen LogP contribution >= 0.6 is 11.6 Å². The summed E-state index contributed by atoms with van der Waals surface area (Å²) in [5.41, 5.74) is 1.15. The molecule has 0 heterocycles. The summed E-state index contributed by atoms with van der Waals surface area (Å²) in [4.78, 5) is 14.0. The quantitative estimate of drug-likeness (QED) is 0.340. The molecular formula is C25H22ClF4NO2. The highest BCUT2D eigenvalue weighted by molar-refractivity contribution is 6.32. The zero-order valence-corrected chi connectivity index (χ0v) is 18.8. The molecule has 3 aromatic carbocycles. The van der Waals surface area contributed by atoms with E-state index in [1.54, 1.807) is 37.3 Å². The van der Waals surface area contributed by atoms with E-state index >= 15 is 0 Å². The van der Waals surface area contributed by atoms with Crippen molar-refractivity contribution in [2.45, 2.75) is 33.2 Å². The maximum atomic E-state index is 13.7. The Kier molecular flexibility index (Phi) is 7.64. The molecule has 1 amide bonds. The van der Waals surface area contributed by atoms with Crippen molar-refractivity contribution in [3.63, 3.8) is 0 Å². The standard InChI is InChI=1S/C25H22ClF4NO2/c1-3-31(24(32)33-15-17-9-11-19(27)12-10-17)14-21-16(2)23(25(28,29)30)22(26)13-20(21)18-7-5-4-6-8-18/h4-13H,3,14-15H2,1-2H3. The van der Waals surface area contributed by atoms with Gasteiger partial charge in [-0.1, -0.05) is 54.1 Å². The van der Waals surface area contributed by atoms with Crippen LogP contribution in [0.5, 0.6) is 0 Å². The summed E-state index contributed by atoms with van der Waals surface area (Å²) in [7, 11) is 0. The number of hydrogen-bond acceptors (Lipinski definition) is 2. The number of rotatable bonds is 6. The summed E-state index contributed by atoms with van der Waals surface area (Å²) in [6, 6.07) is 15.7. The third-order valence-corrected chi connectivity index (χ3v) is 5.59. The van der Waals surface area contributed by atoms with E-state index in [0.29, 0.717) is 22.3 Å². The Morgan fingerprint density at radius 1 is 1.06 bits per heavy atom. The van der Waals surface area contributed by atoms with Crippen molar-refractivity contribution in [2.75, 3.05) is 6.54 Å². The second-order valence-electron chi connectivity index (χ2n) is 7.44. The number of carbonyl (C=O) groups excluding carboxylic acids is 1. The molecule has 0 spiro atoms. The second-order valence-corrected chi connectivity index (χ2v) is 7.85. The van der Waals surface area contributed by atoms with Crippen LogP contribution in [-0.4, -0.2) is 17.5 Å². The van der Waals surface area contributed by atoms with Gasteiger partial charge in [0.15, 0.2) is 0 Å². The fourth-order valence-corrected chi connectivity index (χ4v) is 3.92. The first kappa shape index (κ1) is 24.6. The van der Waals surface area contributed by atoms with Crippen LogP contribution in [0.3, 0.4) is 0 Å².